The molecule has 106 valence electrons. The van der Waals surface area contributed by atoms with Crippen molar-refractivity contribution in [2.75, 3.05) is 0 Å². The van der Waals surface area contributed by atoms with Crippen molar-refractivity contribution in [3.05, 3.63) is 79.8 Å². The second-order valence-corrected chi connectivity index (χ2v) is 5.97. The molecule has 2 aliphatic carbocycles. The number of benzene rings is 2. The molecule has 0 fully saturated rings. The number of allylic oxidation sites excluding steroid dienone is 2. The summed E-state index contributed by atoms with van der Waals surface area (Å²) in [7, 11) is 0. The molecule has 0 radical (unpaired) electrons. The summed E-state index contributed by atoms with van der Waals surface area (Å²) >= 11 is 12.2. The summed E-state index contributed by atoms with van der Waals surface area (Å²) in [5, 5.41) is 0.659. The monoisotopic (exact) mass is 326 g/mol. The molecule has 0 unspecified atom stereocenters. The van der Waals surface area contributed by atoms with Gasteiger partial charge in [0.05, 0.1) is 10.0 Å². The SMILES string of the molecule is O=C1C2=Cc3c(ccc(Cl)c3Cl)C(=O)C2=Cc2ccccc21. The van der Waals surface area contributed by atoms with E-state index >= 15 is 0 Å². The number of carbonyl (C=O) groups excluding carboxylic acids is 2. The molecule has 4 rings (SSSR count). The Morgan fingerprint density at radius 2 is 1.41 bits per heavy atom. The molecular formula is C18H8Cl2O2. The molecule has 0 amide bonds. The molecule has 0 aliphatic heterocycles. The number of Topliss-reactive ketones (excluding diaryl/α,β-unsaturated/α-hetero) is 2. The molecule has 2 nitrogen and oxygen atoms in total. The van der Waals surface area contributed by atoms with E-state index in [4.69, 9.17) is 23.2 Å². The summed E-state index contributed by atoms with van der Waals surface area (Å²) in [5.74, 6) is -0.364. The second-order valence-electron chi connectivity index (χ2n) is 5.18. The van der Waals surface area contributed by atoms with Crippen LogP contribution in [0, 0.1) is 0 Å². The minimum absolute atomic E-state index is 0.164. The van der Waals surface area contributed by atoms with Gasteiger partial charge < -0.3 is 0 Å². The molecule has 22 heavy (non-hydrogen) atoms. The Morgan fingerprint density at radius 1 is 0.727 bits per heavy atom. The average Bonchev–Trinajstić information content (AvgIpc) is 2.53. The van der Waals surface area contributed by atoms with E-state index in [2.05, 4.69) is 0 Å². The van der Waals surface area contributed by atoms with Gasteiger partial charge in [0.25, 0.3) is 0 Å². The maximum atomic E-state index is 12.7. The first-order chi connectivity index (χ1) is 10.6. The summed E-state index contributed by atoms with van der Waals surface area (Å²) in [6, 6.07) is 10.5. The third kappa shape index (κ3) is 1.75. The Balaban J connectivity index is 2.03. The fourth-order valence-electron chi connectivity index (χ4n) is 2.86. The van der Waals surface area contributed by atoms with Crippen molar-refractivity contribution in [1.29, 1.82) is 0 Å². The minimum Gasteiger partial charge on any atom is -0.289 e. The smallest absolute Gasteiger partial charge is 0.194 e. The molecule has 0 aromatic heterocycles. The van der Waals surface area contributed by atoms with Crippen LogP contribution < -0.4 is 0 Å². The quantitative estimate of drug-likeness (QED) is 0.693. The first kappa shape index (κ1) is 13.5. The first-order valence-electron chi connectivity index (χ1n) is 6.68. The summed E-state index contributed by atoms with van der Waals surface area (Å²) in [5.41, 5.74) is 3.12. The van der Waals surface area contributed by atoms with Gasteiger partial charge in [-0.1, -0.05) is 47.5 Å². The number of carbonyl (C=O) groups is 2. The second kappa shape index (κ2) is 4.67. The van der Waals surface area contributed by atoms with Crippen molar-refractivity contribution in [3.8, 4) is 0 Å². The van der Waals surface area contributed by atoms with E-state index in [0.29, 0.717) is 37.9 Å². The van der Waals surface area contributed by atoms with Gasteiger partial charge >= 0.3 is 0 Å². The number of hydrogen-bond donors (Lipinski definition) is 0. The Bertz CT molecular complexity index is 936. The summed E-state index contributed by atoms with van der Waals surface area (Å²) in [6.45, 7) is 0. The zero-order valence-corrected chi connectivity index (χ0v) is 12.7. The molecule has 0 spiro atoms. The highest BCUT2D eigenvalue weighted by Gasteiger charge is 2.33. The van der Waals surface area contributed by atoms with Gasteiger partial charge in [0.1, 0.15) is 0 Å². The number of hydrogen-bond acceptors (Lipinski definition) is 2. The Morgan fingerprint density at radius 3 is 2.23 bits per heavy atom. The van der Waals surface area contributed by atoms with E-state index < -0.39 is 0 Å². The number of halogens is 2. The van der Waals surface area contributed by atoms with Crippen LogP contribution in [0.4, 0.5) is 0 Å². The van der Waals surface area contributed by atoms with Crippen LogP contribution in [-0.4, -0.2) is 11.6 Å². The maximum Gasteiger partial charge on any atom is 0.194 e. The lowest BCUT2D eigenvalue weighted by molar-refractivity contribution is 0.0995. The lowest BCUT2D eigenvalue weighted by Crippen LogP contribution is -2.21. The largest absolute Gasteiger partial charge is 0.289 e. The molecule has 0 N–H and O–H groups in total. The summed E-state index contributed by atoms with van der Waals surface area (Å²) in [6.07, 6.45) is 3.42. The van der Waals surface area contributed by atoms with Crippen LogP contribution in [0.15, 0.2) is 47.5 Å². The van der Waals surface area contributed by atoms with E-state index in [9.17, 15) is 9.59 Å². The Labute approximate surface area is 136 Å². The molecule has 2 aromatic carbocycles. The lowest BCUT2D eigenvalue weighted by Gasteiger charge is -2.23. The standard InChI is InChI=1S/C18H8Cl2O2/c19-15-6-5-11-12(16(15)20)8-14-13(18(11)22)7-9-3-1-2-4-10(9)17(14)21/h1-8H. The van der Waals surface area contributed by atoms with E-state index in [1.54, 1.807) is 36.4 Å². The fourth-order valence-corrected chi connectivity index (χ4v) is 3.24. The zero-order chi connectivity index (χ0) is 15.4. The summed E-state index contributed by atoms with van der Waals surface area (Å²) in [4.78, 5) is 25.4. The van der Waals surface area contributed by atoms with Crippen molar-refractivity contribution in [1.82, 2.24) is 0 Å². The predicted molar refractivity (Wildman–Crippen MR) is 87.5 cm³/mol. The van der Waals surface area contributed by atoms with Gasteiger partial charge in [0.15, 0.2) is 11.6 Å². The number of rotatable bonds is 0. The molecule has 0 heterocycles. The fraction of sp³-hybridized carbons (Fsp3) is 0. The molecule has 0 bridgehead atoms. The molecule has 2 aliphatic rings. The van der Waals surface area contributed by atoms with Crippen molar-refractivity contribution < 1.29 is 9.59 Å². The first-order valence-corrected chi connectivity index (χ1v) is 7.43. The molecule has 4 heteroatoms. The van der Waals surface area contributed by atoms with E-state index in [1.165, 1.54) is 0 Å². The third-order valence-corrected chi connectivity index (χ3v) is 4.77. The maximum absolute atomic E-state index is 12.7. The van der Waals surface area contributed by atoms with Crippen molar-refractivity contribution in [2.45, 2.75) is 0 Å². The normalized spacial score (nSPS) is 15.5. The third-order valence-electron chi connectivity index (χ3n) is 3.95. The van der Waals surface area contributed by atoms with Crippen molar-refractivity contribution in [3.63, 3.8) is 0 Å². The van der Waals surface area contributed by atoms with Crippen LogP contribution in [0.5, 0.6) is 0 Å². The van der Waals surface area contributed by atoms with Crippen LogP contribution >= 0.6 is 23.2 Å². The van der Waals surface area contributed by atoms with Gasteiger partial charge in [0, 0.05) is 27.8 Å². The van der Waals surface area contributed by atoms with Crippen molar-refractivity contribution in [2.24, 2.45) is 0 Å². The van der Waals surface area contributed by atoms with Crippen LogP contribution in [0.3, 0.4) is 0 Å². The van der Waals surface area contributed by atoms with Crippen LogP contribution in [0.1, 0.15) is 31.8 Å². The molecule has 0 saturated carbocycles. The lowest BCUT2D eigenvalue weighted by atomic mass is 9.78. The highest BCUT2D eigenvalue weighted by Crippen LogP contribution is 2.40. The predicted octanol–water partition coefficient (Wildman–Crippen LogP) is 4.85. The van der Waals surface area contributed by atoms with Gasteiger partial charge in [-0.05, 0) is 29.8 Å². The van der Waals surface area contributed by atoms with Gasteiger partial charge in [-0.2, -0.15) is 0 Å². The van der Waals surface area contributed by atoms with Gasteiger partial charge in [-0.15, -0.1) is 0 Å². The Kier molecular flexibility index (Phi) is 2.86. The zero-order valence-electron chi connectivity index (χ0n) is 11.2. The van der Waals surface area contributed by atoms with Gasteiger partial charge in [-0.3, -0.25) is 9.59 Å². The van der Waals surface area contributed by atoms with Crippen LogP contribution in [0.25, 0.3) is 12.2 Å². The minimum atomic E-state index is -0.200. The molecule has 0 atom stereocenters. The molecule has 2 aromatic rings. The van der Waals surface area contributed by atoms with E-state index in [-0.39, 0.29) is 11.6 Å². The number of ketones is 2. The van der Waals surface area contributed by atoms with Gasteiger partial charge in [-0.25, -0.2) is 0 Å². The van der Waals surface area contributed by atoms with E-state index in [0.717, 1.165) is 5.56 Å². The molecule has 0 saturated heterocycles. The average molecular weight is 327 g/mol. The molecular weight excluding hydrogens is 319 g/mol. The Hall–Kier alpha value is -2.16. The van der Waals surface area contributed by atoms with Crippen LogP contribution in [0.2, 0.25) is 10.0 Å². The van der Waals surface area contributed by atoms with Gasteiger partial charge in [0.2, 0.25) is 0 Å². The topological polar surface area (TPSA) is 34.1 Å². The van der Waals surface area contributed by atoms with E-state index in [1.807, 2.05) is 12.1 Å². The summed E-state index contributed by atoms with van der Waals surface area (Å²) < 4.78 is 0. The highest BCUT2D eigenvalue weighted by molar-refractivity contribution is 6.44. The number of fused-ring (bicyclic) bond motifs is 3. The van der Waals surface area contributed by atoms with Crippen molar-refractivity contribution >= 4 is 46.9 Å². The van der Waals surface area contributed by atoms with Crippen LogP contribution in [-0.2, 0) is 0 Å². The highest BCUT2D eigenvalue weighted by atomic mass is 35.5.